The van der Waals surface area contributed by atoms with Gasteiger partial charge in [0.2, 0.25) is 0 Å². The number of aromatic nitrogens is 1. The molecule has 1 unspecified atom stereocenters. The molecule has 1 aromatic carbocycles. The highest BCUT2D eigenvalue weighted by atomic mass is 32.1. The Morgan fingerprint density at radius 1 is 1.44 bits per heavy atom. The van der Waals surface area contributed by atoms with Crippen LogP contribution in [0.2, 0.25) is 0 Å². The topological polar surface area (TPSA) is 34.1 Å². The number of hydrogen-bond acceptors (Lipinski definition) is 4. The standard InChI is InChI=1S/C14H20N2OS/c1-10(8-14(2,3)17-4)16-11-5-6-12-13(7-11)18-9-15-12/h5-7,9-10,16H,8H2,1-4H3. The SMILES string of the molecule is COC(C)(C)CC(C)Nc1ccc2ncsc2c1. The maximum Gasteiger partial charge on any atom is 0.0813 e. The lowest BCUT2D eigenvalue weighted by molar-refractivity contribution is 0.0128. The minimum absolute atomic E-state index is 0.0962. The van der Waals surface area contributed by atoms with Gasteiger partial charge in [-0.15, -0.1) is 11.3 Å². The third-order valence-electron chi connectivity index (χ3n) is 3.09. The van der Waals surface area contributed by atoms with Crippen LogP contribution in [-0.2, 0) is 4.74 Å². The van der Waals surface area contributed by atoms with Gasteiger partial charge in [-0.05, 0) is 45.4 Å². The molecule has 2 aromatic rings. The fraction of sp³-hybridized carbons (Fsp3) is 0.500. The van der Waals surface area contributed by atoms with Gasteiger partial charge in [0.15, 0.2) is 0 Å². The van der Waals surface area contributed by atoms with E-state index in [4.69, 9.17) is 4.74 Å². The van der Waals surface area contributed by atoms with Crippen molar-refractivity contribution in [1.82, 2.24) is 4.98 Å². The molecule has 0 amide bonds. The number of ether oxygens (including phenoxy) is 1. The highest BCUT2D eigenvalue weighted by Gasteiger charge is 2.20. The molecule has 4 heteroatoms. The van der Waals surface area contributed by atoms with E-state index in [0.29, 0.717) is 6.04 Å². The van der Waals surface area contributed by atoms with E-state index >= 15 is 0 Å². The summed E-state index contributed by atoms with van der Waals surface area (Å²) in [6.07, 6.45) is 0.963. The van der Waals surface area contributed by atoms with Gasteiger partial charge < -0.3 is 10.1 Å². The number of benzene rings is 1. The Balaban J connectivity index is 2.04. The predicted octanol–water partition coefficient (Wildman–Crippen LogP) is 3.91. The lowest BCUT2D eigenvalue weighted by Crippen LogP contribution is -2.31. The van der Waals surface area contributed by atoms with Crippen LogP contribution in [-0.4, -0.2) is 23.7 Å². The summed E-state index contributed by atoms with van der Waals surface area (Å²) in [6.45, 7) is 6.40. The second-order valence-corrected chi connectivity index (χ2v) is 6.13. The van der Waals surface area contributed by atoms with Crippen molar-refractivity contribution < 1.29 is 4.74 Å². The summed E-state index contributed by atoms with van der Waals surface area (Å²) in [5.41, 5.74) is 3.99. The molecule has 98 valence electrons. The van der Waals surface area contributed by atoms with Gasteiger partial charge in [-0.1, -0.05) is 0 Å². The third-order valence-corrected chi connectivity index (χ3v) is 3.89. The molecule has 0 saturated heterocycles. The Labute approximate surface area is 112 Å². The number of rotatable bonds is 5. The van der Waals surface area contributed by atoms with E-state index in [0.717, 1.165) is 17.6 Å². The van der Waals surface area contributed by atoms with Gasteiger partial charge in [0.1, 0.15) is 0 Å². The molecule has 0 radical (unpaired) electrons. The molecule has 0 saturated carbocycles. The first-order valence-electron chi connectivity index (χ1n) is 6.15. The largest absolute Gasteiger partial charge is 0.382 e. The third kappa shape index (κ3) is 3.21. The Kier molecular flexibility index (Phi) is 3.88. The zero-order valence-electron chi connectivity index (χ0n) is 11.4. The number of methoxy groups -OCH3 is 1. The zero-order valence-corrected chi connectivity index (χ0v) is 12.2. The van der Waals surface area contributed by atoms with Crippen LogP contribution in [0.25, 0.3) is 10.2 Å². The number of anilines is 1. The lowest BCUT2D eigenvalue weighted by atomic mass is 10.00. The fourth-order valence-electron chi connectivity index (χ4n) is 2.10. The molecule has 2 rings (SSSR count). The molecule has 3 nitrogen and oxygen atoms in total. The van der Waals surface area contributed by atoms with Crippen molar-refractivity contribution in [2.24, 2.45) is 0 Å². The molecule has 0 spiro atoms. The molecule has 0 aliphatic rings. The zero-order chi connectivity index (χ0) is 13.2. The van der Waals surface area contributed by atoms with Crippen LogP contribution >= 0.6 is 11.3 Å². The van der Waals surface area contributed by atoms with E-state index in [1.165, 1.54) is 4.70 Å². The average molecular weight is 264 g/mol. The normalized spacial score (nSPS) is 13.8. The summed E-state index contributed by atoms with van der Waals surface area (Å²) in [7, 11) is 1.76. The first kappa shape index (κ1) is 13.3. The first-order valence-corrected chi connectivity index (χ1v) is 7.03. The van der Waals surface area contributed by atoms with Gasteiger partial charge >= 0.3 is 0 Å². The minimum atomic E-state index is -0.0962. The van der Waals surface area contributed by atoms with E-state index < -0.39 is 0 Å². The smallest absolute Gasteiger partial charge is 0.0813 e. The maximum absolute atomic E-state index is 5.46. The molecule has 0 bridgehead atoms. The van der Waals surface area contributed by atoms with E-state index in [9.17, 15) is 0 Å². The molecule has 0 aliphatic carbocycles. The van der Waals surface area contributed by atoms with Crippen molar-refractivity contribution in [1.29, 1.82) is 0 Å². The summed E-state index contributed by atoms with van der Waals surface area (Å²) in [4.78, 5) is 4.28. The number of fused-ring (bicyclic) bond motifs is 1. The van der Waals surface area contributed by atoms with Gasteiger partial charge in [0.25, 0.3) is 0 Å². The summed E-state index contributed by atoms with van der Waals surface area (Å²) in [5.74, 6) is 0. The summed E-state index contributed by atoms with van der Waals surface area (Å²) in [6, 6.07) is 6.66. The number of thiazole rings is 1. The molecule has 0 fully saturated rings. The predicted molar refractivity (Wildman–Crippen MR) is 78.4 cm³/mol. The monoisotopic (exact) mass is 264 g/mol. The Morgan fingerprint density at radius 3 is 2.94 bits per heavy atom. The first-order chi connectivity index (χ1) is 8.50. The van der Waals surface area contributed by atoms with E-state index in [1.807, 2.05) is 5.51 Å². The van der Waals surface area contributed by atoms with Crippen molar-refractivity contribution in [3.8, 4) is 0 Å². The molecule has 1 heterocycles. The van der Waals surface area contributed by atoms with Crippen molar-refractivity contribution in [3.05, 3.63) is 23.7 Å². The van der Waals surface area contributed by atoms with Crippen molar-refractivity contribution in [3.63, 3.8) is 0 Å². The number of nitrogens with one attached hydrogen (secondary N) is 1. The second-order valence-electron chi connectivity index (χ2n) is 5.25. The summed E-state index contributed by atoms with van der Waals surface area (Å²) in [5, 5.41) is 3.51. The van der Waals surface area contributed by atoms with Gasteiger partial charge in [0, 0.05) is 18.8 Å². The average Bonchev–Trinajstić information content (AvgIpc) is 2.75. The molecule has 0 aliphatic heterocycles. The van der Waals surface area contributed by atoms with Crippen LogP contribution in [0.3, 0.4) is 0 Å². The molecular formula is C14H20N2OS. The Hall–Kier alpha value is -1.13. The van der Waals surface area contributed by atoms with Crippen LogP contribution in [0.5, 0.6) is 0 Å². The molecule has 1 aromatic heterocycles. The number of hydrogen-bond donors (Lipinski definition) is 1. The quantitative estimate of drug-likeness (QED) is 0.889. The lowest BCUT2D eigenvalue weighted by Gasteiger charge is -2.27. The van der Waals surface area contributed by atoms with E-state index in [2.05, 4.69) is 49.3 Å². The molecule has 1 N–H and O–H groups in total. The van der Waals surface area contributed by atoms with Crippen molar-refractivity contribution in [2.75, 3.05) is 12.4 Å². The van der Waals surface area contributed by atoms with Crippen LogP contribution in [0.4, 0.5) is 5.69 Å². The summed E-state index contributed by atoms with van der Waals surface area (Å²) >= 11 is 1.67. The van der Waals surface area contributed by atoms with E-state index in [-0.39, 0.29) is 5.60 Å². The number of nitrogens with zero attached hydrogens (tertiary/aromatic N) is 1. The van der Waals surface area contributed by atoms with Crippen LogP contribution in [0.1, 0.15) is 27.2 Å². The van der Waals surface area contributed by atoms with Crippen LogP contribution in [0.15, 0.2) is 23.7 Å². The maximum atomic E-state index is 5.46. The van der Waals surface area contributed by atoms with Crippen LogP contribution in [0, 0.1) is 0 Å². The van der Waals surface area contributed by atoms with Gasteiger partial charge in [-0.3, -0.25) is 0 Å². The van der Waals surface area contributed by atoms with Crippen molar-refractivity contribution in [2.45, 2.75) is 38.8 Å². The van der Waals surface area contributed by atoms with Gasteiger partial charge in [0.05, 0.1) is 21.3 Å². The molecular weight excluding hydrogens is 244 g/mol. The van der Waals surface area contributed by atoms with E-state index in [1.54, 1.807) is 18.4 Å². The van der Waals surface area contributed by atoms with Gasteiger partial charge in [-0.25, -0.2) is 4.98 Å². The Morgan fingerprint density at radius 2 is 2.22 bits per heavy atom. The second kappa shape index (κ2) is 5.24. The highest BCUT2D eigenvalue weighted by Crippen LogP contribution is 2.24. The Bertz CT molecular complexity index is 521. The molecule has 18 heavy (non-hydrogen) atoms. The molecule has 1 atom stereocenters. The van der Waals surface area contributed by atoms with Crippen molar-refractivity contribution >= 4 is 27.2 Å². The fourth-order valence-corrected chi connectivity index (χ4v) is 2.82. The van der Waals surface area contributed by atoms with Crippen LogP contribution < -0.4 is 5.32 Å². The summed E-state index contributed by atoms with van der Waals surface area (Å²) < 4.78 is 6.68. The van der Waals surface area contributed by atoms with Gasteiger partial charge in [-0.2, -0.15) is 0 Å². The minimum Gasteiger partial charge on any atom is -0.382 e. The highest BCUT2D eigenvalue weighted by molar-refractivity contribution is 7.16.